The maximum absolute atomic E-state index is 14.1. The lowest BCUT2D eigenvalue weighted by Crippen LogP contribution is -2.52. The Labute approximate surface area is 170 Å². The average Bonchev–Trinajstić information content (AvgIpc) is 2.61. The summed E-state index contributed by atoms with van der Waals surface area (Å²) in [5.74, 6) is -1.17. The highest BCUT2D eigenvalue weighted by Gasteiger charge is 2.29. The van der Waals surface area contributed by atoms with Crippen LogP contribution in [0.15, 0.2) is 48.5 Å². The Morgan fingerprint density at radius 1 is 1.11 bits per heavy atom. The van der Waals surface area contributed by atoms with E-state index in [2.05, 4.69) is 5.32 Å². The van der Waals surface area contributed by atoms with Gasteiger partial charge in [0.15, 0.2) is 0 Å². The minimum Gasteiger partial charge on any atom is -0.350 e. The van der Waals surface area contributed by atoms with Crippen molar-refractivity contribution in [2.24, 2.45) is 0 Å². The van der Waals surface area contributed by atoms with Crippen LogP contribution in [0.25, 0.3) is 0 Å². The highest BCUT2D eigenvalue weighted by molar-refractivity contribution is 6.31. The van der Waals surface area contributed by atoms with E-state index in [1.807, 2.05) is 51.1 Å². The second-order valence-corrected chi connectivity index (χ2v) is 8.21. The van der Waals surface area contributed by atoms with Gasteiger partial charge >= 0.3 is 0 Å². The maximum atomic E-state index is 14.1. The zero-order chi connectivity index (χ0) is 20.9. The first kappa shape index (κ1) is 21.9. The van der Waals surface area contributed by atoms with E-state index in [1.165, 1.54) is 17.0 Å². The maximum Gasteiger partial charge on any atom is 0.242 e. The topological polar surface area (TPSA) is 49.4 Å². The molecule has 6 heteroatoms. The first-order valence-corrected chi connectivity index (χ1v) is 9.54. The molecule has 0 aliphatic rings. The van der Waals surface area contributed by atoms with Crippen LogP contribution in [0.2, 0.25) is 5.02 Å². The molecule has 150 valence electrons. The highest BCUT2D eigenvalue weighted by Crippen LogP contribution is 2.21. The molecule has 2 aromatic carbocycles. The zero-order valence-electron chi connectivity index (χ0n) is 16.6. The Bertz CT molecular complexity index is 814. The largest absolute Gasteiger partial charge is 0.350 e. The third-order valence-electron chi connectivity index (χ3n) is 4.25. The standard InChI is InChI=1S/C22H26ClFN2O2/c1-15(21(28)25-22(2,3)4)26(14-16-9-6-5-7-10-16)20(27)13-17-18(23)11-8-12-19(17)24/h5-12,15H,13-14H2,1-4H3,(H,25,28)/t15-/m0/s1. The quantitative estimate of drug-likeness (QED) is 0.777. The van der Waals surface area contributed by atoms with Crippen LogP contribution in [0.4, 0.5) is 4.39 Å². The molecule has 0 heterocycles. The van der Waals surface area contributed by atoms with Crippen molar-refractivity contribution in [2.45, 2.75) is 52.2 Å². The Hall–Kier alpha value is -2.40. The van der Waals surface area contributed by atoms with Crippen LogP contribution in [0.5, 0.6) is 0 Å². The van der Waals surface area contributed by atoms with Crippen molar-refractivity contribution in [3.63, 3.8) is 0 Å². The number of hydrogen-bond donors (Lipinski definition) is 1. The van der Waals surface area contributed by atoms with Gasteiger partial charge in [-0.2, -0.15) is 0 Å². The molecule has 0 radical (unpaired) electrons. The molecule has 0 bridgehead atoms. The lowest BCUT2D eigenvalue weighted by atomic mass is 10.1. The fourth-order valence-corrected chi connectivity index (χ4v) is 3.02. The molecule has 0 aromatic heterocycles. The molecular weight excluding hydrogens is 379 g/mol. The van der Waals surface area contributed by atoms with Crippen molar-refractivity contribution in [3.05, 3.63) is 70.5 Å². The van der Waals surface area contributed by atoms with Crippen LogP contribution >= 0.6 is 11.6 Å². The summed E-state index contributed by atoms with van der Waals surface area (Å²) < 4.78 is 14.1. The normalized spacial score (nSPS) is 12.4. The van der Waals surface area contributed by atoms with Gasteiger partial charge in [-0.25, -0.2) is 4.39 Å². The molecule has 0 aliphatic heterocycles. The van der Waals surface area contributed by atoms with Crippen molar-refractivity contribution in [1.29, 1.82) is 0 Å². The van der Waals surface area contributed by atoms with Crippen molar-refractivity contribution in [3.8, 4) is 0 Å². The predicted molar refractivity (Wildman–Crippen MR) is 109 cm³/mol. The lowest BCUT2D eigenvalue weighted by molar-refractivity contribution is -0.140. The Kier molecular flexibility index (Phi) is 7.19. The van der Waals surface area contributed by atoms with Gasteiger partial charge < -0.3 is 10.2 Å². The Morgan fingerprint density at radius 2 is 1.75 bits per heavy atom. The molecule has 1 atom stereocenters. The molecule has 1 N–H and O–H groups in total. The lowest BCUT2D eigenvalue weighted by Gasteiger charge is -2.31. The van der Waals surface area contributed by atoms with Crippen LogP contribution < -0.4 is 5.32 Å². The van der Waals surface area contributed by atoms with Gasteiger partial charge in [-0.3, -0.25) is 9.59 Å². The molecule has 2 aromatic rings. The summed E-state index contributed by atoms with van der Waals surface area (Å²) in [6.07, 6.45) is -0.217. The fraction of sp³-hybridized carbons (Fsp3) is 0.364. The van der Waals surface area contributed by atoms with E-state index >= 15 is 0 Å². The molecule has 2 amide bonds. The van der Waals surface area contributed by atoms with Gasteiger partial charge in [0.1, 0.15) is 11.9 Å². The summed E-state index contributed by atoms with van der Waals surface area (Å²) in [6, 6.07) is 13.0. The van der Waals surface area contributed by atoms with E-state index in [-0.39, 0.29) is 35.4 Å². The van der Waals surface area contributed by atoms with Crippen LogP contribution in [0, 0.1) is 5.82 Å². The third kappa shape index (κ3) is 6.06. The number of rotatable bonds is 6. The highest BCUT2D eigenvalue weighted by atomic mass is 35.5. The minimum atomic E-state index is -0.725. The van der Waals surface area contributed by atoms with Gasteiger partial charge in [-0.05, 0) is 45.4 Å². The first-order chi connectivity index (χ1) is 13.1. The fourth-order valence-electron chi connectivity index (χ4n) is 2.79. The molecule has 4 nitrogen and oxygen atoms in total. The first-order valence-electron chi connectivity index (χ1n) is 9.17. The number of benzene rings is 2. The summed E-state index contributed by atoms with van der Waals surface area (Å²) in [7, 11) is 0. The Balaban J connectivity index is 2.29. The number of amides is 2. The molecule has 0 aliphatic carbocycles. The molecule has 0 saturated carbocycles. The van der Waals surface area contributed by atoms with Gasteiger partial charge in [-0.1, -0.05) is 48.0 Å². The second kappa shape index (κ2) is 9.20. The van der Waals surface area contributed by atoms with Gasteiger partial charge in [0.05, 0.1) is 6.42 Å². The number of nitrogens with one attached hydrogen (secondary N) is 1. The minimum absolute atomic E-state index is 0.135. The van der Waals surface area contributed by atoms with Crippen molar-refractivity contribution in [2.75, 3.05) is 0 Å². The summed E-state index contributed by atoms with van der Waals surface area (Å²) in [6.45, 7) is 7.54. The van der Waals surface area contributed by atoms with E-state index in [0.29, 0.717) is 0 Å². The zero-order valence-corrected chi connectivity index (χ0v) is 17.4. The van der Waals surface area contributed by atoms with Crippen LogP contribution in [0.3, 0.4) is 0 Å². The number of carbonyl (C=O) groups excluding carboxylic acids is 2. The number of halogens is 2. The molecule has 0 spiro atoms. The smallest absolute Gasteiger partial charge is 0.242 e. The van der Waals surface area contributed by atoms with Crippen LogP contribution in [-0.2, 0) is 22.6 Å². The summed E-state index contributed by atoms with van der Waals surface area (Å²) in [5, 5.41) is 3.09. The van der Waals surface area contributed by atoms with E-state index in [1.54, 1.807) is 13.0 Å². The SMILES string of the molecule is C[C@@H](C(=O)NC(C)(C)C)N(Cc1ccccc1)C(=O)Cc1c(F)cccc1Cl. The summed E-state index contributed by atoms with van der Waals surface area (Å²) in [5.41, 5.74) is 0.586. The molecule has 2 rings (SSSR count). The number of hydrogen-bond acceptors (Lipinski definition) is 2. The van der Waals surface area contributed by atoms with Crippen molar-refractivity contribution < 1.29 is 14.0 Å². The number of nitrogens with zero attached hydrogens (tertiary/aromatic N) is 1. The van der Waals surface area contributed by atoms with E-state index in [9.17, 15) is 14.0 Å². The molecule has 28 heavy (non-hydrogen) atoms. The van der Waals surface area contributed by atoms with E-state index < -0.39 is 17.4 Å². The monoisotopic (exact) mass is 404 g/mol. The molecule has 0 unspecified atom stereocenters. The van der Waals surface area contributed by atoms with Crippen LogP contribution in [0.1, 0.15) is 38.8 Å². The van der Waals surface area contributed by atoms with Gasteiger partial charge in [0.2, 0.25) is 11.8 Å². The van der Waals surface area contributed by atoms with Gasteiger partial charge in [0, 0.05) is 22.7 Å². The number of carbonyl (C=O) groups is 2. The molecule has 0 saturated heterocycles. The average molecular weight is 405 g/mol. The van der Waals surface area contributed by atoms with Crippen molar-refractivity contribution >= 4 is 23.4 Å². The van der Waals surface area contributed by atoms with E-state index in [0.717, 1.165) is 5.56 Å². The Morgan fingerprint density at radius 3 is 2.32 bits per heavy atom. The third-order valence-corrected chi connectivity index (χ3v) is 4.61. The van der Waals surface area contributed by atoms with Gasteiger partial charge in [-0.15, -0.1) is 0 Å². The summed E-state index contributed by atoms with van der Waals surface area (Å²) in [4.78, 5) is 27.2. The predicted octanol–water partition coefficient (Wildman–Crippen LogP) is 4.35. The summed E-state index contributed by atoms with van der Waals surface area (Å²) >= 11 is 6.08. The molecular formula is C22H26ClFN2O2. The molecule has 0 fully saturated rings. The van der Waals surface area contributed by atoms with Crippen LogP contribution in [-0.4, -0.2) is 28.3 Å². The van der Waals surface area contributed by atoms with Crippen molar-refractivity contribution in [1.82, 2.24) is 10.2 Å². The van der Waals surface area contributed by atoms with Gasteiger partial charge in [0.25, 0.3) is 0 Å². The second-order valence-electron chi connectivity index (χ2n) is 7.80. The van der Waals surface area contributed by atoms with E-state index in [4.69, 9.17) is 11.6 Å².